The summed E-state index contributed by atoms with van der Waals surface area (Å²) in [5.41, 5.74) is 13.6. The van der Waals surface area contributed by atoms with Crippen molar-refractivity contribution in [2.75, 3.05) is 0 Å². The Balaban J connectivity index is 1.16. The van der Waals surface area contributed by atoms with Crippen LogP contribution in [0, 0.1) is 0 Å². The lowest BCUT2D eigenvalue weighted by atomic mass is 9.98. The van der Waals surface area contributed by atoms with E-state index in [0.717, 1.165) is 49.0 Å². The maximum Gasteiger partial charge on any atom is 0.335 e. The number of carboxylic acids is 1. The maximum atomic E-state index is 14.7. The third kappa shape index (κ3) is 12.7. The second-order valence-corrected chi connectivity index (χ2v) is 18.6. The van der Waals surface area contributed by atoms with Crippen molar-refractivity contribution in [3.63, 3.8) is 0 Å². The van der Waals surface area contributed by atoms with Gasteiger partial charge in [0.15, 0.2) is 0 Å². The maximum absolute atomic E-state index is 14.7. The first-order valence-electron chi connectivity index (χ1n) is 20.6. The topological polar surface area (TPSA) is 151 Å². The van der Waals surface area contributed by atoms with Crippen LogP contribution < -0.4 is 21.7 Å². The normalized spacial score (nSPS) is 13.0. The Morgan fingerprint density at radius 3 is 1.81 bits per heavy atom. The molecular formula is C51H48N4O5S3. The summed E-state index contributed by atoms with van der Waals surface area (Å²) in [5, 5.41) is 20.8. The zero-order valence-electron chi connectivity index (χ0n) is 34.4. The van der Waals surface area contributed by atoms with Crippen molar-refractivity contribution in [1.82, 2.24) is 16.0 Å². The average Bonchev–Trinajstić information content (AvgIpc) is 3.72. The van der Waals surface area contributed by atoms with E-state index >= 15 is 0 Å². The third-order valence-electron chi connectivity index (χ3n) is 10.6. The fourth-order valence-corrected chi connectivity index (χ4v) is 10.8. The summed E-state index contributed by atoms with van der Waals surface area (Å²) in [4.78, 5) is 55.0. The molecule has 0 spiro atoms. The van der Waals surface area contributed by atoms with E-state index in [9.17, 15) is 24.3 Å². The standard InChI is InChI=1S/C51H48N4O5S3/c52-43(28-34-22-26-40(27-23-34)51(59)60)47(63-62-32-37-14-6-2-7-15-37)50(58)55-44(29-35-20-24-39(25-21-35)38-16-8-3-9-17-38)49(57)54-45(48(56)53-31-36-12-4-1-5-13-36)30-41-33-61-46-19-11-10-18-42(41)46/h1-27,33,43-45,47H,28-32,52H2,(H,53,56)(H,54,57)(H,55,58)(H,59,60)/t43-,44-,45-,47-/m0/s1. The molecule has 7 rings (SSSR count). The van der Waals surface area contributed by atoms with Crippen molar-refractivity contribution in [3.05, 3.63) is 203 Å². The van der Waals surface area contributed by atoms with Gasteiger partial charge in [-0.3, -0.25) is 14.4 Å². The van der Waals surface area contributed by atoms with E-state index in [1.807, 2.05) is 145 Å². The molecule has 0 saturated carbocycles. The molecule has 12 heteroatoms. The predicted octanol–water partition coefficient (Wildman–Crippen LogP) is 8.86. The first-order chi connectivity index (χ1) is 30.7. The van der Waals surface area contributed by atoms with Crippen molar-refractivity contribution in [2.45, 2.75) is 54.9 Å². The largest absolute Gasteiger partial charge is 0.478 e. The molecule has 0 bridgehead atoms. The van der Waals surface area contributed by atoms with Gasteiger partial charge in [-0.1, -0.05) is 167 Å². The van der Waals surface area contributed by atoms with E-state index in [0.29, 0.717) is 5.75 Å². The van der Waals surface area contributed by atoms with Crippen molar-refractivity contribution >= 4 is 66.7 Å². The zero-order chi connectivity index (χ0) is 44.0. The zero-order valence-corrected chi connectivity index (χ0v) is 36.8. The van der Waals surface area contributed by atoms with E-state index < -0.39 is 41.2 Å². The van der Waals surface area contributed by atoms with Crippen LogP contribution in [0.2, 0.25) is 0 Å². The highest BCUT2D eigenvalue weighted by Gasteiger charge is 2.33. The highest BCUT2D eigenvalue weighted by Crippen LogP contribution is 2.33. The highest BCUT2D eigenvalue weighted by molar-refractivity contribution is 8.76. The van der Waals surface area contributed by atoms with E-state index in [2.05, 4.69) is 16.0 Å². The summed E-state index contributed by atoms with van der Waals surface area (Å²) in [5.74, 6) is -1.70. The molecule has 0 aliphatic carbocycles. The number of carboxylic acid groups (broad SMARTS) is 1. The van der Waals surface area contributed by atoms with E-state index in [4.69, 9.17) is 5.73 Å². The number of carbonyl (C=O) groups is 4. The number of nitrogens with two attached hydrogens (primary N) is 1. The molecule has 320 valence electrons. The monoisotopic (exact) mass is 892 g/mol. The Hall–Kier alpha value is -6.18. The highest BCUT2D eigenvalue weighted by atomic mass is 33.1. The summed E-state index contributed by atoms with van der Waals surface area (Å²) in [6.45, 7) is 0.279. The van der Waals surface area contributed by atoms with Crippen LogP contribution in [0.5, 0.6) is 0 Å². The van der Waals surface area contributed by atoms with Gasteiger partial charge in [0.05, 0.1) is 5.56 Å². The SMILES string of the molecule is N[C@@H](Cc1ccc(C(=O)O)cc1)[C@H](SSCc1ccccc1)C(=O)N[C@@H](Cc1ccc(-c2ccccc2)cc1)C(=O)N[C@@H](Cc1csc2ccccc12)C(=O)NCc1ccccc1. The molecule has 0 unspecified atom stereocenters. The second kappa shape index (κ2) is 22.3. The van der Waals surface area contributed by atoms with Crippen LogP contribution in [0.3, 0.4) is 0 Å². The molecule has 0 aliphatic rings. The van der Waals surface area contributed by atoms with Gasteiger partial charge in [0.25, 0.3) is 0 Å². The number of benzene rings is 6. The minimum atomic E-state index is -1.08. The minimum absolute atomic E-state index is 0.146. The molecule has 9 nitrogen and oxygen atoms in total. The summed E-state index contributed by atoms with van der Waals surface area (Å²) >= 11 is 1.58. The molecule has 6 N–H and O–H groups in total. The second-order valence-electron chi connectivity index (χ2n) is 15.2. The lowest BCUT2D eigenvalue weighted by molar-refractivity contribution is -0.132. The van der Waals surface area contributed by atoms with Gasteiger partial charge in [-0.2, -0.15) is 0 Å². The van der Waals surface area contributed by atoms with Crippen LogP contribution in [0.15, 0.2) is 169 Å². The van der Waals surface area contributed by atoms with E-state index in [1.54, 1.807) is 23.5 Å². The van der Waals surface area contributed by atoms with Crippen LogP contribution in [-0.4, -0.2) is 52.2 Å². The van der Waals surface area contributed by atoms with Crippen molar-refractivity contribution in [2.24, 2.45) is 5.73 Å². The van der Waals surface area contributed by atoms with Crippen LogP contribution in [0.1, 0.15) is 38.2 Å². The van der Waals surface area contributed by atoms with Crippen LogP contribution in [-0.2, 0) is 45.9 Å². The van der Waals surface area contributed by atoms with Crippen molar-refractivity contribution in [1.29, 1.82) is 0 Å². The Morgan fingerprint density at radius 2 is 1.13 bits per heavy atom. The fourth-order valence-electron chi connectivity index (χ4n) is 7.19. The molecule has 7 aromatic rings. The number of nitrogens with one attached hydrogen (secondary N) is 3. The summed E-state index contributed by atoms with van der Waals surface area (Å²) in [7, 11) is 2.83. The van der Waals surface area contributed by atoms with Crippen molar-refractivity contribution in [3.8, 4) is 11.1 Å². The van der Waals surface area contributed by atoms with Crippen LogP contribution in [0.4, 0.5) is 0 Å². The summed E-state index contributed by atoms with van der Waals surface area (Å²) in [6, 6.07) is 49.0. The molecule has 63 heavy (non-hydrogen) atoms. The molecule has 0 saturated heterocycles. The fraction of sp³-hybridized carbons (Fsp3) is 0.176. The number of hydrogen-bond donors (Lipinski definition) is 5. The number of amides is 3. The van der Waals surface area contributed by atoms with Gasteiger partial charge < -0.3 is 26.8 Å². The van der Waals surface area contributed by atoms with E-state index in [-0.39, 0.29) is 37.3 Å². The lowest BCUT2D eigenvalue weighted by Gasteiger charge is -2.27. The number of rotatable bonds is 20. The molecule has 6 aromatic carbocycles. The molecule has 0 radical (unpaired) electrons. The predicted molar refractivity (Wildman–Crippen MR) is 257 cm³/mol. The lowest BCUT2D eigenvalue weighted by Crippen LogP contribution is -2.57. The molecule has 3 amide bonds. The van der Waals surface area contributed by atoms with Gasteiger partial charge in [0.1, 0.15) is 17.3 Å². The Bertz CT molecular complexity index is 2590. The number of hydrogen-bond acceptors (Lipinski definition) is 8. The number of carbonyl (C=O) groups excluding carboxylic acids is 3. The van der Waals surface area contributed by atoms with Gasteiger partial charge in [0, 0.05) is 35.9 Å². The van der Waals surface area contributed by atoms with Gasteiger partial charge in [-0.05, 0) is 74.3 Å². The number of thiophene rings is 1. The third-order valence-corrected chi connectivity index (χ3v) is 14.4. The Kier molecular flexibility index (Phi) is 15.8. The Morgan fingerprint density at radius 1 is 0.571 bits per heavy atom. The van der Waals surface area contributed by atoms with Crippen molar-refractivity contribution < 1.29 is 24.3 Å². The van der Waals surface area contributed by atoms with Crippen LogP contribution in [0.25, 0.3) is 21.2 Å². The molecule has 4 atom stereocenters. The number of aromatic carboxylic acids is 1. The minimum Gasteiger partial charge on any atom is -0.478 e. The first kappa shape index (κ1) is 44.9. The summed E-state index contributed by atoms with van der Waals surface area (Å²) in [6.07, 6.45) is 0.669. The molecular weight excluding hydrogens is 845 g/mol. The summed E-state index contributed by atoms with van der Waals surface area (Å²) < 4.78 is 1.08. The quantitative estimate of drug-likeness (QED) is 0.0477. The molecule has 1 aromatic heterocycles. The van der Waals surface area contributed by atoms with Crippen LogP contribution >= 0.6 is 32.9 Å². The van der Waals surface area contributed by atoms with Gasteiger partial charge in [-0.15, -0.1) is 11.3 Å². The molecule has 1 heterocycles. The average molecular weight is 893 g/mol. The van der Waals surface area contributed by atoms with Gasteiger partial charge in [-0.25, -0.2) is 4.79 Å². The molecule has 0 aliphatic heterocycles. The van der Waals surface area contributed by atoms with Gasteiger partial charge >= 0.3 is 5.97 Å². The molecule has 0 fully saturated rings. The van der Waals surface area contributed by atoms with E-state index in [1.165, 1.54) is 33.7 Å². The first-order valence-corrected chi connectivity index (χ1v) is 23.9. The van der Waals surface area contributed by atoms with Gasteiger partial charge in [0.2, 0.25) is 17.7 Å². The smallest absolute Gasteiger partial charge is 0.335 e. The Labute approximate surface area is 379 Å². The number of fused-ring (bicyclic) bond motifs is 1.